The first-order valence-electron chi connectivity index (χ1n) is 11.4. The maximum atomic E-state index is 5.93. The lowest BCUT2D eigenvalue weighted by molar-refractivity contribution is -0.00543. The minimum atomic E-state index is 0.167. The van der Waals surface area contributed by atoms with Crippen molar-refractivity contribution < 1.29 is 4.74 Å². The van der Waals surface area contributed by atoms with Crippen LogP contribution in [0, 0.1) is 11.8 Å². The Hall–Kier alpha value is -2.00. The third kappa shape index (κ3) is 4.09. The van der Waals surface area contributed by atoms with Crippen LogP contribution in [-0.2, 0) is 24.8 Å². The zero-order chi connectivity index (χ0) is 21.3. The third-order valence-corrected chi connectivity index (χ3v) is 6.95. The third-order valence-electron chi connectivity index (χ3n) is 6.95. The van der Waals surface area contributed by atoms with Crippen LogP contribution in [0.1, 0.15) is 51.2 Å². The number of methoxy groups -OCH3 is 1. The predicted molar refractivity (Wildman–Crippen MR) is 115 cm³/mol. The zero-order valence-corrected chi connectivity index (χ0v) is 19.0. The summed E-state index contributed by atoms with van der Waals surface area (Å²) in [6.45, 7) is 11.4. The van der Waals surface area contributed by atoms with Crippen molar-refractivity contribution in [2.24, 2.45) is 18.9 Å². The van der Waals surface area contributed by atoms with E-state index in [4.69, 9.17) is 9.72 Å². The summed E-state index contributed by atoms with van der Waals surface area (Å²) in [5, 5.41) is 13.5. The van der Waals surface area contributed by atoms with Crippen LogP contribution in [0.3, 0.4) is 0 Å². The predicted octanol–water partition coefficient (Wildman–Crippen LogP) is 1.91. The van der Waals surface area contributed by atoms with Crippen molar-refractivity contribution in [3.63, 3.8) is 0 Å². The molecule has 2 aromatic heterocycles. The number of aromatic nitrogens is 6. The molecular formula is C21H36N8O. The van der Waals surface area contributed by atoms with Crippen molar-refractivity contribution in [3.8, 4) is 0 Å². The lowest BCUT2D eigenvalue weighted by Crippen LogP contribution is -2.37. The van der Waals surface area contributed by atoms with Crippen LogP contribution in [0.2, 0.25) is 0 Å². The van der Waals surface area contributed by atoms with Crippen molar-refractivity contribution in [3.05, 3.63) is 17.7 Å². The van der Waals surface area contributed by atoms with E-state index in [1.165, 1.54) is 0 Å². The van der Waals surface area contributed by atoms with Crippen LogP contribution < -0.4 is 4.90 Å². The highest BCUT2D eigenvalue weighted by atomic mass is 16.5. The van der Waals surface area contributed by atoms with E-state index in [-0.39, 0.29) is 12.1 Å². The highest BCUT2D eigenvalue weighted by Crippen LogP contribution is 2.43. The molecule has 30 heavy (non-hydrogen) atoms. The summed E-state index contributed by atoms with van der Waals surface area (Å²) in [5.41, 5.74) is 1.04. The second-order valence-corrected chi connectivity index (χ2v) is 8.69. The molecule has 9 nitrogen and oxygen atoms in total. The summed E-state index contributed by atoms with van der Waals surface area (Å²) in [6, 6.07) is 0.236. The number of hydrogen-bond donors (Lipinski definition) is 0. The van der Waals surface area contributed by atoms with E-state index < -0.39 is 0 Å². The van der Waals surface area contributed by atoms with Crippen LogP contribution >= 0.6 is 0 Å². The van der Waals surface area contributed by atoms with Crippen LogP contribution in [0.15, 0.2) is 6.20 Å². The molecule has 0 amide bonds. The van der Waals surface area contributed by atoms with Crippen molar-refractivity contribution in [1.82, 2.24) is 34.7 Å². The van der Waals surface area contributed by atoms with Gasteiger partial charge in [0, 0.05) is 40.2 Å². The highest BCUT2D eigenvalue weighted by molar-refractivity contribution is 5.33. The van der Waals surface area contributed by atoms with Gasteiger partial charge in [-0.1, -0.05) is 26.0 Å². The summed E-state index contributed by atoms with van der Waals surface area (Å²) in [7, 11) is 3.83. The highest BCUT2D eigenvalue weighted by Gasteiger charge is 2.44. The summed E-state index contributed by atoms with van der Waals surface area (Å²) < 4.78 is 9.92. The lowest BCUT2D eigenvalue weighted by Gasteiger charge is -2.36. The van der Waals surface area contributed by atoms with E-state index in [0.29, 0.717) is 11.8 Å². The Bertz CT molecular complexity index is 829. The maximum Gasteiger partial charge on any atom is 0.223 e. The summed E-state index contributed by atoms with van der Waals surface area (Å²) in [5.74, 6) is 3.14. The Morgan fingerprint density at radius 1 is 1.13 bits per heavy atom. The number of hydrogen-bond acceptors (Lipinski definition) is 7. The molecule has 2 aliphatic rings. The normalized spacial score (nSPS) is 26.5. The molecule has 2 fully saturated rings. The van der Waals surface area contributed by atoms with Gasteiger partial charge in [-0.05, 0) is 37.8 Å². The second-order valence-electron chi connectivity index (χ2n) is 8.69. The molecule has 0 spiro atoms. The summed E-state index contributed by atoms with van der Waals surface area (Å²) in [4.78, 5) is 9.51. The lowest BCUT2D eigenvalue weighted by atomic mass is 9.77. The smallest absolute Gasteiger partial charge is 0.223 e. The number of aryl methyl sites for hydroxylation is 2. The molecule has 0 radical (unpaired) electrons. The molecule has 0 aromatic carbocycles. The number of fused-ring (bicyclic) bond motifs is 1. The molecule has 1 saturated heterocycles. The van der Waals surface area contributed by atoms with E-state index in [1.54, 1.807) is 0 Å². The maximum absolute atomic E-state index is 5.93. The fourth-order valence-corrected chi connectivity index (χ4v) is 5.16. The Morgan fingerprint density at radius 3 is 2.50 bits per heavy atom. The molecule has 4 rings (SSSR count). The molecule has 4 atom stereocenters. The minimum Gasteiger partial charge on any atom is -0.379 e. The van der Waals surface area contributed by atoms with Gasteiger partial charge in [0.2, 0.25) is 5.95 Å². The van der Waals surface area contributed by atoms with Gasteiger partial charge in [0.1, 0.15) is 0 Å². The molecular weight excluding hydrogens is 380 g/mol. The van der Waals surface area contributed by atoms with E-state index in [2.05, 4.69) is 56.9 Å². The molecule has 3 heterocycles. The van der Waals surface area contributed by atoms with Gasteiger partial charge in [0.15, 0.2) is 5.82 Å². The topological polar surface area (TPSA) is 77.1 Å². The van der Waals surface area contributed by atoms with Gasteiger partial charge in [-0.15, -0.1) is 5.10 Å². The molecule has 0 unspecified atom stereocenters. The second kappa shape index (κ2) is 9.01. The number of rotatable bonds is 8. The Balaban J connectivity index is 1.47. The van der Waals surface area contributed by atoms with Crippen molar-refractivity contribution >= 4 is 5.95 Å². The van der Waals surface area contributed by atoms with E-state index >= 15 is 0 Å². The fraction of sp³-hybridized carbons (Fsp3) is 0.810. The molecule has 166 valence electrons. The molecule has 9 heteroatoms. The van der Waals surface area contributed by atoms with Gasteiger partial charge >= 0.3 is 0 Å². The monoisotopic (exact) mass is 416 g/mol. The van der Waals surface area contributed by atoms with Crippen molar-refractivity contribution in [1.29, 1.82) is 0 Å². The average molecular weight is 417 g/mol. The first-order chi connectivity index (χ1) is 14.6. The van der Waals surface area contributed by atoms with Crippen LogP contribution in [-0.4, -0.2) is 74.1 Å². The van der Waals surface area contributed by atoms with E-state index in [1.807, 2.05) is 18.8 Å². The Kier molecular flexibility index (Phi) is 6.38. The van der Waals surface area contributed by atoms with Crippen LogP contribution in [0.4, 0.5) is 5.95 Å². The molecule has 1 aliphatic carbocycles. The number of nitrogens with zero attached hydrogens (tertiary/aromatic N) is 8. The molecule has 1 saturated carbocycles. The SMILES string of the molecule is CCc1nc(N2C[C@H]3C[C@@H](n4cc(CN(CC)CC)nn4)[C@H](OC)C[C@H]3C2)n(C)n1. The van der Waals surface area contributed by atoms with Crippen molar-refractivity contribution in [2.45, 2.75) is 58.7 Å². The van der Waals surface area contributed by atoms with Gasteiger partial charge in [-0.25, -0.2) is 9.36 Å². The van der Waals surface area contributed by atoms with E-state index in [0.717, 1.165) is 69.5 Å². The van der Waals surface area contributed by atoms with Crippen LogP contribution in [0.5, 0.6) is 0 Å². The number of anilines is 1. The van der Waals surface area contributed by atoms with Gasteiger partial charge in [-0.2, -0.15) is 10.1 Å². The Morgan fingerprint density at radius 2 is 1.87 bits per heavy atom. The first kappa shape index (κ1) is 21.2. The molecule has 0 N–H and O–H groups in total. The van der Waals surface area contributed by atoms with Gasteiger partial charge < -0.3 is 9.64 Å². The molecule has 0 bridgehead atoms. The fourth-order valence-electron chi connectivity index (χ4n) is 5.16. The summed E-state index contributed by atoms with van der Waals surface area (Å²) in [6.07, 6.45) is 5.26. The minimum absolute atomic E-state index is 0.167. The standard InChI is InChI=1S/C21H36N8O/c1-6-20-22-21(26(4)24-20)28-11-15-9-18(19(30-5)10-16(15)12-28)29-14-17(23-25-29)13-27(7-2)8-3/h14-16,18-19H,6-13H2,1-5H3/t15-,16+,18-,19-/m1/s1. The average Bonchev–Trinajstić information content (AvgIpc) is 3.48. The van der Waals surface area contributed by atoms with Crippen molar-refractivity contribution in [2.75, 3.05) is 38.2 Å². The van der Waals surface area contributed by atoms with Crippen LogP contribution in [0.25, 0.3) is 0 Å². The summed E-state index contributed by atoms with van der Waals surface area (Å²) >= 11 is 0. The quantitative estimate of drug-likeness (QED) is 0.650. The number of ether oxygens (including phenoxy) is 1. The molecule has 1 aliphatic heterocycles. The first-order valence-corrected chi connectivity index (χ1v) is 11.4. The van der Waals surface area contributed by atoms with Gasteiger partial charge in [0.05, 0.1) is 24.0 Å². The largest absolute Gasteiger partial charge is 0.379 e. The molecule has 2 aromatic rings. The van der Waals surface area contributed by atoms with Gasteiger partial charge in [0.25, 0.3) is 0 Å². The zero-order valence-electron chi connectivity index (χ0n) is 19.0. The Labute approximate surface area is 179 Å². The van der Waals surface area contributed by atoms with Gasteiger partial charge in [-0.3, -0.25) is 4.90 Å². The van der Waals surface area contributed by atoms with E-state index in [9.17, 15) is 0 Å².